The predicted octanol–water partition coefficient (Wildman–Crippen LogP) is 4.66. The lowest BCUT2D eigenvalue weighted by molar-refractivity contribution is 0.208. The number of anilines is 2. The third-order valence-corrected chi connectivity index (χ3v) is 5.07. The zero-order valence-electron chi connectivity index (χ0n) is 14.8. The summed E-state index contributed by atoms with van der Waals surface area (Å²) in [7, 11) is 1.67. The molecular formula is C19H21Cl2N3O2. The van der Waals surface area contributed by atoms with Crippen molar-refractivity contribution < 1.29 is 9.53 Å². The Morgan fingerprint density at radius 1 is 1.08 bits per heavy atom. The molecule has 5 nitrogen and oxygen atoms in total. The molecule has 0 spiro atoms. The summed E-state index contributed by atoms with van der Waals surface area (Å²) < 4.78 is 5.47. The van der Waals surface area contributed by atoms with E-state index in [0.717, 1.165) is 24.5 Å². The van der Waals surface area contributed by atoms with Gasteiger partial charge in [0.05, 0.1) is 28.5 Å². The first-order valence-electron chi connectivity index (χ1n) is 8.39. The lowest BCUT2D eigenvalue weighted by Gasteiger charge is -2.36. The summed E-state index contributed by atoms with van der Waals surface area (Å²) in [6.45, 7) is 4.71. The minimum Gasteiger partial charge on any atom is -0.495 e. The fourth-order valence-corrected chi connectivity index (χ4v) is 3.49. The number of carbonyl (C=O) groups excluding carboxylic acids is 1. The highest BCUT2D eigenvalue weighted by Crippen LogP contribution is 2.31. The van der Waals surface area contributed by atoms with Crippen LogP contribution in [0.3, 0.4) is 0 Å². The van der Waals surface area contributed by atoms with E-state index in [4.69, 9.17) is 27.9 Å². The standard InChI is InChI=1S/C19H21Cl2N3O2/c1-13-6-7-17(26-2)16(12-13)23-8-10-24(11-9-23)19(25)22-18-14(20)4-3-5-15(18)21/h3-7,12H,8-11H2,1-2H3,(H,22,25). The molecule has 26 heavy (non-hydrogen) atoms. The largest absolute Gasteiger partial charge is 0.495 e. The minimum atomic E-state index is -0.198. The molecule has 3 rings (SSSR count). The Morgan fingerprint density at radius 2 is 1.73 bits per heavy atom. The van der Waals surface area contributed by atoms with Gasteiger partial charge >= 0.3 is 6.03 Å². The quantitative estimate of drug-likeness (QED) is 0.823. The van der Waals surface area contributed by atoms with Crippen LogP contribution in [0.2, 0.25) is 10.0 Å². The smallest absolute Gasteiger partial charge is 0.322 e. The van der Waals surface area contributed by atoms with Gasteiger partial charge in [-0.05, 0) is 36.8 Å². The van der Waals surface area contributed by atoms with Crippen molar-refractivity contribution in [2.45, 2.75) is 6.92 Å². The maximum Gasteiger partial charge on any atom is 0.322 e. The Balaban J connectivity index is 1.65. The van der Waals surface area contributed by atoms with Gasteiger partial charge in [0.25, 0.3) is 0 Å². The first-order valence-corrected chi connectivity index (χ1v) is 9.14. The van der Waals surface area contributed by atoms with Crippen LogP contribution in [0.25, 0.3) is 0 Å². The van der Waals surface area contributed by atoms with E-state index in [2.05, 4.69) is 23.2 Å². The molecule has 2 amide bonds. The number of para-hydroxylation sites is 1. The molecule has 0 unspecified atom stereocenters. The molecule has 138 valence electrons. The van der Waals surface area contributed by atoms with Gasteiger partial charge in [0, 0.05) is 26.2 Å². The van der Waals surface area contributed by atoms with E-state index in [1.807, 2.05) is 12.1 Å². The average molecular weight is 394 g/mol. The van der Waals surface area contributed by atoms with Crippen LogP contribution < -0.4 is 15.0 Å². The molecule has 1 saturated heterocycles. The number of nitrogens with one attached hydrogen (secondary N) is 1. The van der Waals surface area contributed by atoms with Crippen molar-refractivity contribution in [2.24, 2.45) is 0 Å². The van der Waals surface area contributed by atoms with Crippen LogP contribution in [-0.4, -0.2) is 44.2 Å². The third-order valence-electron chi connectivity index (χ3n) is 4.44. The number of aryl methyl sites for hydroxylation is 1. The molecule has 1 fully saturated rings. The lowest BCUT2D eigenvalue weighted by Crippen LogP contribution is -2.50. The van der Waals surface area contributed by atoms with Crippen LogP contribution in [0, 0.1) is 6.92 Å². The van der Waals surface area contributed by atoms with E-state index >= 15 is 0 Å². The van der Waals surface area contributed by atoms with Gasteiger partial charge in [-0.25, -0.2) is 4.79 Å². The van der Waals surface area contributed by atoms with Gasteiger partial charge in [0.15, 0.2) is 0 Å². The Morgan fingerprint density at radius 3 is 2.35 bits per heavy atom. The van der Waals surface area contributed by atoms with Gasteiger partial charge in [-0.2, -0.15) is 0 Å². The minimum absolute atomic E-state index is 0.198. The SMILES string of the molecule is COc1ccc(C)cc1N1CCN(C(=O)Nc2c(Cl)cccc2Cl)CC1. The first-order chi connectivity index (χ1) is 12.5. The second-order valence-corrected chi connectivity index (χ2v) is 6.99. The summed E-state index contributed by atoms with van der Waals surface area (Å²) >= 11 is 12.2. The number of piperazine rings is 1. The second-order valence-electron chi connectivity index (χ2n) is 6.18. The second kappa shape index (κ2) is 8.06. The van der Waals surface area contributed by atoms with Crippen molar-refractivity contribution >= 4 is 40.6 Å². The fraction of sp³-hybridized carbons (Fsp3) is 0.316. The number of hydrogen-bond donors (Lipinski definition) is 1. The number of hydrogen-bond acceptors (Lipinski definition) is 3. The molecule has 1 aliphatic rings. The van der Waals surface area contributed by atoms with E-state index in [-0.39, 0.29) is 6.03 Å². The first kappa shape index (κ1) is 18.7. The molecule has 2 aromatic rings. The van der Waals surface area contributed by atoms with E-state index in [1.165, 1.54) is 5.56 Å². The van der Waals surface area contributed by atoms with E-state index in [0.29, 0.717) is 28.8 Å². The molecule has 2 aromatic carbocycles. The molecule has 0 saturated carbocycles. The Hall–Kier alpha value is -2.11. The number of urea groups is 1. The summed E-state index contributed by atoms with van der Waals surface area (Å²) in [5, 5.41) is 3.66. The van der Waals surface area contributed by atoms with Crippen LogP contribution in [0.1, 0.15) is 5.56 Å². The number of methoxy groups -OCH3 is 1. The maximum absolute atomic E-state index is 12.5. The van der Waals surface area contributed by atoms with Gasteiger partial charge in [-0.1, -0.05) is 35.3 Å². The van der Waals surface area contributed by atoms with Crippen molar-refractivity contribution in [3.8, 4) is 5.75 Å². The molecule has 1 aliphatic heterocycles. The number of amides is 2. The van der Waals surface area contributed by atoms with Gasteiger partial charge in [0.1, 0.15) is 5.75 Å². The molecule has 7 heteroatoms. The van der Waals surface area contributed by atoms with Gasteiger partial charge in [0.2, 0.25) is 0 Å². The summed E-state index contributed by atoms with van der Waals surface area (Å²) in [5.74, 6) is 0.844. The van der Waals surface area contributed by atoms with Crippen LogP contribution in [0.5, 0.6) is 5.75 Å². The van der Waals surface area contributed by atoms with Crippen LogP contribution in [0.4, 0.5) is 16.2 Å². The maximum atomic E-state index is 12.5. The average Bonchev–Trinajstić information content (AvgIpc) is 2.65. The highest BCUT2D eigenvalue weighted by Gasteiger charge is 2.24. The number of ether oxygens (including phenoxy) is 1. The van der Waals surface area contributed by atoms with Gasteiger partial charge in [-0.3, -0.25) is 0 Å². The Kier molecular flexibility index (Phi) is 5.79. The Labute approximate surface area is 163 Å². The molecule has 0 radical (unpaired) electrons. The number of nitrogens with zero attached hydrogens (tertiary/aromatic N) is 2. The topological polar surface area (TPSA) is 44.8 Å². The van der Waals surface area contributed by atoms with E-state index < -0.39 is 0 Å². The monoisotopic (exact) mass is 393 g/mol. The molecule has 1 N–H and O–H groups in total. The van der Waals surface area contributed by atoms with Crippen molar-refractivity contribution in [3.05, 3.63) is 52.0 Å². The molecule has 0 bridgehead atoms. The zero-order valence-corrected chi connectivity index (χ0v) is 16.3. The van der Waals surface area contributed by atoms with Crippen molar-refractivity contribution in [2.75, 3.05) is 43.5 Å². The van der Waals surface area contributed by atoms with Crippen molar-refractivity contribution in [1.29, 1.82) is 0 Å². The van der Waals surface area contributed by atoms with Gasteiger partial charge in [-0.15, -0.1) is 0 Å². The number of benzene rings is 2. The molecule has 0 aliphatic carbocycles. The van der Waals surface area contributed by atoms with Crippen molar-refractivity contribution in [1.82, 2.24) is 4.90 Å². The zero-order chi connectivity index (χ0) is 18.7. The normalized spacial score (nSPS) is 14.3. The van der Waals surface area contributed by atoms with Crippen LogP contribution >= 0.6 is 23.2 Å². The van der Waals surface area contributed by atoms with Crippen LogP contribution in [0.15, 0.2) is 36.4 Å². The Bertz CT molecular complexity index is 785. The fourth-order valence-electron chi connectivity index (χ4n) is 3.00. The predicted molar refractivity (Wildman–Crippen MR) is 107 cm³/mol. The summed E-state index contributed by atoms with van der Waals surface area (Å²) in [6.07, 6.45) is 0. The highest BCUT2D eigenvalue weighted by atomic mass is 35.5. The van der Waals surface area contributed by atoms with E-state index in [1.54, 1.807) is 30.2 Å². The van der Waals surface area contributed by atoms with E-state index in [9.17, 15) is 4.79 Å². The summed E-state index contributed by atoms with van der Waals surface area (Å²) in [6, 6.07) is 11.1. The van der Waals surface area contributed by atoms with Crippen molar-refractivity contribution in [3.63, 3.8) is 0 Å². The molecule has 0 aromatic heterocycles. The number of halogens is 2. The molecular weight excluding hydrogens is 373 g/mol. The molecule has 0 atom stereocenters. The summed E-state index contributed by atoms with van der Waals surface area (Å²) in [4.78, 5) is 16.5. The summed E-state index contributed by atoms with van der Waals surface area (Å²) in [5.41, 5.74) is 2.68. The number of rotatable bonds is 3. The van der Waals surface area contributed by atoms with Gasteiger partial charge < -0.3 is 19.9 Å². The third kappa shape index (κ3) is 4.00. The highest BCUT2D eigenvalue weighted by molar-refractivity contribution is 6.39. The van der Waals surface area contributed by atoms with Crippen LogP contribution in [-0.2, 0) is 0 Å². The lowest BCUT2D eigenvalue weighted by atomic mass is 10.1. The molecule has 1 heterocycles. The number of carbonyl (C=O) groups is 1.